The van der Waals surface area contributed by atoms with E-state index >= 15 is 0 Å². The van der Waals surface area contributed by atoms with Gasteiger partial charge in [-0.05, 0) is 36.4 Å². The van der Waals surface area contributed by atoms with E-state index in [9.17, 15) is 9.59 Å². The maximum absolute atomic E-state index is 12.1. The van der Waals surface area contributed by atoms with Gasteiger partial charge in [0.05, 0.1) is 30.5 Å². The maximum Gasteiger partial charge on any atom is 0.338 e. The molecule has 0 spiro atoms. The van der Waals surface area contributed by atoms with Crippen LogP contribution in [0.5, 0.6) is 11.5 Å². The van der Waals surface area contributed by atoms with Crippen LogP contribution in [0.2, 0.25) is 5.02 Å². The number of rotatable bonds is 6. The van der Waals surface area contributed by atoms with Gasteiger partial charge in [-0.15, -0.1) is 0 Å². The minimum atomic E-state index is -0.655. The third-order valence-corrected chi connectivity index (χ3v) is 3.96. The van der Waals surface area contributed by atoms with Crippen LogP contribution >= 0.6 is 27.5 Å². The van der Waals surface area contributed by atoms with Crippen molar-refractivity contribution in [3.05, 3.63) is 51.5 Å². The fourth-order valence-electron chi connectivity index (χ4n) is 1.95. The molecule has 0 heterocycles. The summed E-state index contributed by atoms with van der Waals surface area (Å²) in [6.07, 6.45) is 0. The Morgan fingerprint density at radius 3 is 2.44 bits per heavy atom. The van der Waals surface area contributed by atoms with Gasteiger partial charge in [-0.2, -0.15) is 0 Å². The summed E-state index contributed by atoms with van der Waals surface area (Å²) < 4.78 is 16.0. The van der Waals surface area contributed by atoms with Gasteiger partial charge < -0.3 is 19.5 Å². The second kappa shape index (κ2) is 8.73. The van der Waals surface area contributed by atoms with Crippen molar-refractivity contribution < 1.29 is 23.8 Å². The molecular formula is C17H15BrClNO5. The molecule has 2 rings (SSSR count). The van der Waals surface area contributed by atoms with E-state index in [0.717, 1.165) is 4.47 Å². The predicted octanol–water partition coefficient (Wildman–Crippen LogP) is 3.92. The highest BCUT2D eigenvalue weighted by atomic mass is 79.9. The number of anilines is 1. The number of carbonyl (C=O) groups excluding carboxylic acids is 2. The number of amides is 1. The molecule has 0 aromatic heterocycles. The first-order valence-electron chi connectivity index (χ1n) is 7.08. The first kappa shape index (κ1) is 19.1. The van der Waals surface area contributed by atoms with E-state index in [4.69, 9.17) is 25.8 Å². The lowest BCUT2D eigenvalue weighted by atomic mass is 10.2. The molecule has 2 aromatic rings. The highest BCUT2D eigenvalue weighted by molar-refractivity contribution is 9.10. The number of hydrogen-bond acceptors (Lipinski definition) is 5. The molecule has 8 heteroatoms. The van der Waals surface area contributed by atoms with E-state index in [1.807, 2.05) is 0 Å². The van der Waals surface area contributed by atoms with Crippen molar-refractivity contribution >= 4 is 45.1 Å². The number of halogens is 2. The van der Waals surface area contributed by atoms with Gasteiger partial charge in [0.2, 0.25) is 0 Å². The summed E-state index contributed by atoms with van der Waals surface area (Å²) in [5, 5.41) is 2.94. The molecule has 132 valence electrons. The van der Waals surface area contributed by atoms with Crippen molar-refractivity contribution in [1.29, 1.82) is 0 Å². The van der Waals surface area contributed by atoms with Crippen LogP contribution in [0.3, 0.4) is 0 Å². The lowest BCUT2D eigenvalue weighted by Crippen LogP contribution is -2.21. The summed E-state index contributed by atoms with van der Waals surface area (Å²) >= 11 is 9.29. The van der Waals surface area contributed by atoms with Gasteiger partial charge in [-0.25, -0.2) is 4.79 Å². The summed E-state index contributed by atoms with van der Waals surface area (Å²) in [5.74, 6) is -0.277. The van der Waals surface area contributed by atoms with Crippen LogP contribution in [-0.2, 0) is 9.53 Å². The quantitative estimate of drug-likeness (QED) is 0.706. The third kappa shape index (κ3) is 5.11. The van der Waals surface area contributed by atoms with Crippen LogP contribution < -0.4 is 14.8 Å². The van der Waals surface area contributed by atoms with Gasteiger partial charge in [-0.1, -0.05) is 27.5 Å². The summed E-state index contributed by atoms with van der Waals surface area (Å²) in [6.45, 7) is -0.445. The average molecular weight is 429 g/mol. The molecule has 0 aliphatic rings. The topological polar surface area (TPSA) is 73.9 Å². The maximum atomic E-state index is 12.1. The lowest BCUT2D eigenvalue weighted by Gasteiger charge is -2.10. The number of nitrogens with one attached hydrogen (secondary N) is 1. The van der Waals surface area contributed by atoms with Crippen molar-refractivity contribution in [2.24, 2.45) is 0 Å². The van der Waals surface area contributed by atoms with Crippen LogP contribution in [0.15, 0.2) is 40.9 Å². The molecule has 0 radical (unpaired) electrons. The van der Waals surface area contributed by atoms with Crippen molar-refractivity contribution in [1.82, 2.24) is 0 Å². The van der Waals surface area contributed by atoms with E-state index in [2.05, 4.69) is 21.2 Å². The first-order chi connectivity index (χ1) is 11.9. The number of esters is 1. The second-order valence-corrected chi connectivity index (χ2v) is 6.14. The number of benzene rings is 2. The third-order valence-electron chi connectivity index (χ3n) is 3.16. The number of hydrogen-bond donors (Lipinski definition) is 1. The Bertz CT molecular complexity index is 797. The Labute approximate surface area is 158 Å². The smallest absolute Gasteiger partial charge is 0.338 e. The van der Waals surface area contributed by atoms with E-state index < -0.39 is 18.5 Å². The summed E-state index contributed by atoms with van der Waals surface area (Å²) in [7, 11) is 2.95. The van der Waals surface area contributed by atoms with Crippen LogP contribution in [0.4, 0.5) is 5.69 Å². The lowest BCUT2D eigenvalue weighted by molar-refractivity contribution is -0.119. The zero-order chi connectivity index (χ0) is 18.4. The number of carbonyl (C=O) groups is 2. The van der Waals surface area contributed by atoms with Gasteiger partial charge in [-0.3, -0.25) is 4.79 Å². The summed E-state index contributed by atoms with van der Waals surface area (Å²) in [6, 6.07) is 9.60. The Hall–Kier alpha value is -2.25. The Kier molecular flexibility index (Phi) is 6.66. The number of methoxy groups -OCH3 is 2. The average Bonchev–Trinajstić information content (AvgIpc) is 2.61. The van der Waals surface area contributed by atoms with Gasteiger partial charge in [0.1, 0.15) is 0 Å². The Morgan fingerprint density at radius 1 is 1.08 bits per heavy atom. The fraction of sp³-hybridized carbons (Fsp3) is 0.176. The molecule has 1 N–H and O–H groups in total. The summed E-state index contributed by atoms with van der Waals surface area (Å²) in [5.41, 5.74) is 0.671. The second-order valence-electron chi connectivity index (χ2n) is 4.82. The van der Waals surface area contributed by atoms with E-state index in [0.29, 0.717) is 22.2 Å². The zero-order valence-electron chi connectivity index (χ0n) is 13.5. The van der Waals surface area contributed by atoms with E-state index in [1.165, 1.54) is 26.4 Å². The van der Waals surface area contributed by atoms with Gasteiger partial charge >= 0.3 is 5.97 Å². The minimum Gasteiger partial charge on any atom is -0.493 e. The highest BCUT2D eigenvalue weighted by Crippen LogP contribution is 2.28. The van der Waals surface area contributed by atoms with E-state index in [-0.39, 0.29) is 5.56 Å². The largest absolute Gasteiger partial charge is 0.493 e. The molecular weight excluding hydrogens is 414 g/mol. The van der Waals surface area contributed by atoms with Crippen LogP contribution in [0.1, 0.15) is 10.4 Å². The molecule has 25 heavy (non-hydrogen) atoms. The summed E-state index contributed by atoms with van der Waals surface area (Å²) in [4.78, 5) is 24.0. The van der Waals surface area contributed by atoms with Crippen molar-refractivity contribution in [3.8, 4) is 11.5 Å². The first-order valence-corrected chi connectivity index (χ1v) is 8.25. The number of ether oxygens (including phenoxy) is 3. The molecule has 0 atom stereocenters. The molecule has 2 aromatic carbocycles. The molecule has 1 amide bonds. The molecule has 0 fully saturated rings. The van der Waals surface area contributed by atoms with Gasteiger partial charge in [0.25, 0.3) is 5.91 Å². The Balaban J connectivity index is 1.96. The predicted molar refractivity (Wildman–Crippen MR) is 97.6 cm³/mol. The standard InChI is InChI=1S/C17H15BrClNO5/c1-23-14-6-3-10(7-15(14)24-2)17(22)25-9-16(21)20-13-5-4-11(18)8-12(13)19/h3-8H,9H2,1-2H3,(H,20,21). The van der Waals surface area contributed by atoms with Gasteiger partial charge in [0, 0.05) is 4.47 Å². The molecule has 0 aliphatic carbocycles. The van der Waals surface area contributed by atoms with Crippen molar-refractivity contribution in [2.75, 3.05) is 26.1 Å². The van der Waals surface area contributed by atoms with Crippen LogP contribution in [0, 0.1) is 0 Å². The molecule has 0 saturated heterocycles. The molecule has 0 bridgehead atoms. The molecule has 0 saturated carbocycles. The fourth-order valence-corrected chi connectivity index (χ4v) is 2.68. The SMILES string of the molecule is COc1ccc(C(=O)OCC(=O)Nc2ccc(Br)cc2Cl)cc1OC. The Morgan fingerprint density at radius 2 is 1.80 bits per heavy atom. The molecule has 0 aliphatic heterocycles. The monoisotopic (exact) mass is 427 g/mol. The minimum absolute atomic E-state index is 0.243. The zero-order valence-corrected chi connectivity index (χ0v) is 15.8. The normalized spacial score (nSPS) is 10.1. The van der Waals surface area contributed by atoms with Gasteiger partial charge in [0.15, 0.2) is 18.1 Å². The van der Waals surface area contributed by atoms with Crippen LogP contribution in [-0.4, -0.2) is 32.7 Å². The van der Waals surface area contributed by atoms with Crippen molar-refractivity contribution in [2.45, 2.75) is 0 Å². The molecule has 6 nitrogen and oxygen atoms in total. The van der Waals surface area contributed by atoms with E-state index in [1.54, 1.807) is 24.3 Å². The van der Waals surface area contributed by atoms with Crippen molar-refractivity contribution in [3.63, 3.8) is 0 Å². The highest BCUT2D eigenvalue weighted by Gasteiger charge is 2.14. The van der Waals surface area contributed by atoms with Crippen LogP contribution in [0.25, 0.3) is 0 Å². The molecule has 0 unspecified atom stereocenters.